The molecule has 17 heavy (non-hydrogen) atoms. The van der Waals surface area contributed by atoms with Crippen LogP contribution in [-0.4, -0.2) is 21.7 Å². The number of carbonyl (C=O) groups excluding carboxylic acids is 1. The zero-order valence-electron chi connectivity index (χ0n) is 9.54. The van der Waals surface area contributed by atoms with Gasteiger partial charge in [0.05, 0.1) is 0 Å². The van der Waals surface area contributed by atoms with Gasteiger partial charge in [0.25, 0.3) is 0 Å². The van der Waals surface area contributed by atoms with Gasteiger partial charge in [0.15, 0.2) is 0 Å². The molecule has 1 nitrogen and oxygen atoms in total. The van der Waals surface area contributed by atoms with Crippen LogP contribution in [0.2, 0.25) is 4.47 Å². The van der Waals surface area contributed by atoms with Crippen LogP contribution in [0.5, 0.6) is 0 Å². The van der Waals surface area contributed by atoms with Crippen LogP contribution >= 0.6 is 29.5 Å². The molecule has 0 aliphatic carbocycles. The molecule has 0 heterocycles. The van der Waals surface area contributed by atoms with Gasteiger partial charge in [-0.15, -0.1) is 0 Å². The van der Waals surface area contributed by atoms with Crippen LogP contribution in [0.1, 0.15) is 19.4 Å². The van der Waals surface area contributed by atoms with E-state index in [0.717, 1.165) is 9.18 Å². The number of benzene rings is 1. The van der Waals surface area contributed by atoms with Crippen molar-refractivity contribution in [2.24, 2.45) is 0 Å². The number of Topliss-reactive ketones (excluding diaryl/α,β-unsaturated/α-hetero) is 1. The zero-order valence-corrected chi connectivity index (χ0v) is 14.1. The second-order valence-electron chi connectivity index (χ2n) is 3.66. The van der Waals surface area contributed by atoms with Gasteiger partial charge in [-0.2, -0.15) is 0 Å². The first-order valence-corrected chi connectivity index (χ1v) is 14.1. The summed E-state index contributed by atoms with van der Waals surface area (Å²) in [7, 11) is 12.6. The summed E-state index contributed by atoms with van der Waals surface area (Å²) < 4.78 is 1.01. The van der Waals surface area contributed by atoms with Gasteiger partial charge in [0, 0.05) is 0 Å². The number of ketones is 1. The quantitative estimate of drug-likeness (QED) is 0.662. The van der Waals surface area contributed by atoms with E-state index in [1.165, 1.54) is 6.92 Å². The minimum absolute atomic E-state index is 0.00748. The summed E-state index contributed by atoms with van der Waals surface area (Å²) in [5.74, 6) is 0.00748. The number of hydrogen-bond donors (Lipinski definition) is 0. The Labute approximate surface area is 118 Å². The summed E-state index contributed by atoms with van der Waals surface area (Å²) in [6.45, 7) is 3.31. The molecule has 94 valence electrons. The van der Waals surface area contributed by atoms with Crippen LogP contribution in [-0.2, 0) is 4.79 Å². The third-order valence-electron chi connectivity index (χ3n) is 2.17. The fraction of sp³-hybridized carbons (Fsp3) is 0.250. The Kier molecular flexibility index (Phi) is 5.83. The van der Waals surface area contributed by atoms with E-state index >= 15 is 0 Å². The summed E-state index contributed by atoms with van der Waals surface area (Å²) in [5.41, 5.74) is 0.882. The Bertz CT molecular complexity index is 440. The molecule has 0 atom stereocenters. The number of hydrogen-bond acceptors (Lipinski definition) is 1. The molecule has 0 N–H and O–H groups in total. The summed E-state index contributed by atoms with van der Waals surface area (Å²) in [6.07, 6.45) is 0. The van der Waals surface area contributed by atoms with E-state index in [4.69, 9.17) is 29.5 Å². The molecule has 0 saturated heterocycles. The molecule has 0 amide bonds. The van der Waals surface area contributed by atoms with Crippen LogP contribution in [0, 0.1) is 0 Å². The predicted molar refractivity (Wildman–Crippen MR) is 77.8 cm³/mol. The van der Waals surface area contributed by atoms with Gasteiger partial charge < -0.3 is 0 Å². The molecule has 5 heteroatoms. The molecule has 1 aromatic carbocycles. The van der Waals surface area contributed by atoms with E-state index in [2.05, 4.69) is 0 Å². The van der Waals surface area contributed by atoms with E-state index in [9.17, 15) is 4.79 Å². The van der Waals surface area contributed by atoms with Gasteiger partial charge in [0.2, 0.25) is 0 Å². The van der Waals surface area contributed by atoms with Gasteiger partial charge in [-0.05, 0) is 0 Å². The number of rotatable bonds is 4. The van der Waals surface area contributed by atoms with Crippen molar-refractivity contribution in [3.05, 3.63) is 39.5 Å². The maximum absolute atomic E-state index is 11.1. The van der Waals surface area contributed by atoms with Crippen LogP contribution in [0.25, 0.3) is 5.03 Å². The molecular formula is C12H13Cl3OTe. The fourth-order valence-electron chi connectivity index (χ4n) is 1.28. The molecule has 0 unspecified atom stereocenters. The zero-order chi connectivity index (χ0) is 13.1. The molecule has 0 spiro atoms. The summed E-state index contributed by atoms with van der Waals surface area (Å²) in [5, 5.41) is 0.568. The van der Waals surface area contributed by atoms with Gasteiger partial charge in [-0.25, -0.2) is 0 Å². The number of carbonyl (C=O) groups is 1. The molecule has 0 bridgehead atoms. The molecular weight excluding hydrogens is 394 g/mol. The van der Waals surface area contributed by atoms with Gasteiger partial charge >= 0.3 is 119 Å². The van der Waals surface area contributed by atoms with E-state index in [0.29, 0.717) is 5.03 Å². The van der Waals surface area contributed by atoms with Crippen LogP contribution in [0.4, 0.5) is 0 Å². The Morgan fingerprint density at radius 1 is 1.18 bits per heavy atom. The molecule has 1 aromatic rings. The summed E-state index contributed by atoms with van der Waals surface area (Å²) in [4.78, 5) is 11.1. The third kappa shape index (κ3) is 4.47. The average molecular weight is 407 g/mol. The van der Waals surface area contributed by atoms with Crippen LogP contribution in [0.15, 0.2) is 34.0 Å². The molecule has 0 fully saturated rings. The normalized spacial score (nSPS) is 14.2. The Morgan fingerprint density at radius 3 is 2.18 bits per heavy atom. The standard InChI is InChI=1S/C12H13Cl3OTe/c1-9(16)8-17(14,15)10(2)12(13)11-6-4-3-5-7-11/h3-7H,8H2,1-2H3. The van der Waals surface area contributed by atoms with E-state index in [1.807, 2.05) is 37.3 Å². The minimum atomic E-state index is -3.33. The van der Waals surface area contributed by atoms with Crippen molar-refractivity contribution >= 4 is 56.3 Å². The number of halogens is 3. The van der Waals surface area contributed by atoms with Crippen molar-refractivity contribution in [2.75, 3.05) is 0 Å². The fourth-order valence-corrected chi connectivity index (χ4v) is 9.08. The van der Waals surface area contributed by atoms with E-state index in [-0.39, 0.29) is 10.3 Å². The second-order valence-corrected chi connectivity index (χ2v) is 18.0. The van der Waals surface area contributed by atoms with E-state index < -0.39 is 15.9 Å². The summed E-state index contributed by atoms with van der Waals surface area (Å²) >= 11 is 2.94. The molecule has 0 radical (unpaired) electrons. The van der Waals surface area contributed by atoms with Crippen molar-refractivity contribution in [2.45, 2.75) is 18.3 Å². The van der Waals surface area contributed by atoms with Crippen molar-refractivity contribution in [3.8, 4) is 0 Å². The van der Waals surface area contributed by atoms with Gasteiger partial charge in [-0.1, -0.05) is 0 Å². The first kappa shape index (κ1) is 15.3. The molecule has 1 rings (SSSR count). The van der Waals surface area contributed by atoms with Crippen LogP contribution < -0.4 is 0 Å². The SMILES string of the molecule is CC(=O)C[Te](Cl)(Cl)C(C)=C(Cl)c1ccccc1. The third-order valence-corrected chi connectivity index (χ3v) is 12.9. The number of allylic oxidation sites excluding steroid dienone is 1. The topological polar surface area (TPSA) is 17.1 Å². The maximum atomic E-state index is 11.1. The van der Waals surface area contributed by atoms with E-state index in [1.54, 1.807) is 0 Å². The Hall–Kier alpha value is 0.290. The van der Waals surface area contributed by atoms with Crippen molar-refractivity contribution in [1.82, 2.24) is 0 Å². The van der Waals surface area contributed by atoms with Crippen LogP contribution in [0.3, 0.4) is 0 Å². The molecule has 0 aliphatic heterocycles. The van der Waals surface area contributed by atoms with Crippen molar-refractivity contribution in [3.63, 3.8) is 0 Å². The van der Waals surface area contributed by atoms with Crippen molar-refractivity contribution < 1.29 is 4.79 Å². The Balaban J connectivity index is 3.09. The van der Waals surface area contributed by atoms with Gasteiger partial charge in [-0.3, -0.25) is 0 Å². The average Bonchev–Trinajstić information content (AvgIpc) is 2.26. The Morgan fingerprint density at radius 2 is 1.71 bits per heavy atom. The monoisotopic (exact) mass is 408 g/mol. The summed E-state index contributed by atoms with van der Waals surface area (Å²) in [6, 6.07) is 9.49. The van der Waals surface area contributed by atoms with Gasteiger partial charge in [0.1, 0.15) is 0 Å². The second kappa shape index (κ2) is 6.45. The molecule has 0 saturated carbocycles. The molecule has 0 aromatic heterocycles. The first-order chi connectivity index (χ1) is 7.84. The predicted octanol–water partition coefficient (Wildman–Crippen LogP) is 4.70. The van der Waals surface area contributed by atoms with Crippen molar-refractivity contribution in [1.29, 1.82) is 0 Å². The molecule has 0 aliphatic rings. The first-order valence-electron chi connectivity index (χ1n) is 4.96.